The number of amidine groups is 1. The Bertz CT molecular complexity index is 854. The molecule has 0 unspecified atom stereocenters. The van der Waals surface area contributed by atoms with Gasteiger partial charge in [0.2, 0.25) is 0 Å². The number of likely N-dealkylation sites (tertiary alicyclic amines) is 1. The Labute approximate surface area is 171 Å². The SMILES string of the molecule is N=N/C(=C\Nc1ccccc1)CN1CCC(c2cccc(/C(=N/N)NN)c2)CC1. The fourth-order valence-corrected chi connectivity index (χ4v) is 3.60. The molecule has 1 aliphatic heterocycles. The number of hydrazone groups is 1. The van der Waals surface area contributed by atoms with E-state index >= 15 is 0 Å². The van der Waals surface area contributed by atoms with E-state index in [1.54, 1.807) is 0 Å². The molecule has 0 spiro atoms. The first-order valence-electron chi connectivity index (χ1n) is 9.68. The Hall–Kier alpha value is -3.23. The molecule has 0 bridgehead atoms. The van der Waals surface area contributed by atoms with Crippen LogP contribution < -0.4 is 22.4 Å². The van der Waals surface area contributed by atoms with Crippen molar-refractivity contribution in [3.05, 3.63) is 77.6 Å². The summed E-state index contributed by atoms with van der Waals surface area (Å²) in [5.41, 5.74) is 13.9. The standard InChI is InChI=1S/C21H28N8/c22-26-20(14-25-19-7-2-1-3-8-19)15-29-11-9-16(10-12-29)17-5-4-6-18(13-17)21(27-23)28-24/h1-8,13-14,16,22,25H,9-12,15,23-24H2,(H,27,28)/b20-14-,26-22?. The molecular formula is C21H28N8. The first-order chi connectivity index (χ1) is 14.2. The van der Waals surface area contributed by atoms with Crippen LogP contribution in [-0.2, 0) is 0 Å². The van der Waals surface area contributed by atoms with Crippen LogP contribution in [0.5, 0.6) is 0 Å². The van der Waals surface area contributed by atoms with E-state index in [2.05, 4.69) is 38.0 Å². The number of nitrogens with one attached hydrogen (secondary N) is 3. The predicted molar refractivity (Wildman–Crippen MR) is 116 cm³/mol. The Kier molecular flexibility index (Phi) is 7.32. The van der Waals surface area contributed by atoms with Gasteiger partial charge in [-0.05, 0) is 55.6 Å². The molecule has 0 aromatic heterocycles. The summed E-state index contributed by atoms with van der Waals surface area (Å²) in [7, 11) is 0. The highest BCUT2D eigenvalue weighted by Gasteiger charge is 2.21. The number of benzene rings is 2. The molecule has 7 N–H and O–H groups in total. The van der Waals surface area contributed by atoms with Gasteiger partial charge in [-0.25, -0.2) is 11.4 Å². The highest BCUT2D eigenvalue weighted by molar-refractivity contribution is 5.98. The van der Waals surface area contributed by atoms with E-state index in [1.807, 2.05) is 48.7 Å². The van der Waals surface area contributed by atoms with Gasteiger partial charge in [0.25, 0.3) is 0 Å². The highest BCUT2D eigenvalue weighted by Crippen LogP contribution is 2.29. The zero-order valence-corrected chi connectivity index (χ0v) is 16.4. The number of hydrogen-bond acceptors (Lipinski definition) is 7. The van der Waals surface area contributed by atoms with Crippen LogP contribution in [0.2, 0.25) is 0 Å². The Morgan fingerprint density at radius 1 is 1.14 bits per heavy atom. The second-order valence-electron chi connectivity index (χ2n) is 7.06. The lowest BCUT2D eigenvalue weighted by molar-refractivity contribution is 0.227. The van der Waals surface area contributed by atoms with Crippen LogP contribution >= 0.6 is 0 Å². The van der Waals surface area contributed by atoms with Gasteiger partial charge in [0.05, 0.1) is 5.70 Å². The smallest absolute Gasteiger partial charge is 0.166 e. The fraction of sp³-hybridized carbons (Fsp3) is 0.286. The molecule has 1 saturated heterocycles. The van der Waals surface area contributed by atoms with E-state index in [9.17, 15) is 0 Å². The van der Waals surface area contributed by atoms with E-state index in [4.69, 9.17) is 17.2 Å². The summed E-state index contributed by atoms with van der Waals surface area (Å²) in [5, 5.41) is 10.6. The Morgan fingerprint density at radius 3 is 2.55 bits per heavy atom. The lowest BCUT2D eigenvalue weighted by Crippen LogP contribution is -2.34. The minimum atomic E-state index is 0.474. The van der Waals surface area contributed by atoms with Crippen molar-refractivity contribution in [3.63, 3.8) is 0 Å². The van der Waals surface area contributed by atoms with Crippen molar-refractivity contribution < 1.29 is 0 Å². The Balaban J connectivity index is 1.56. The number of piperidine rings is 1. The third-order valence-corrected chi connectivity index (χ3v) is 5.19. The molecule has 8 heteroatoms. The fourth-order valence-electron chi connectivity index (χ4n) is 3.60. The molecule has 29 heavy (non-hydrogen) atoms. The molecule has 2 aromatic carbocycles. The largest absolute Gasteiger partial charge is 0.360 e. The van der Waals surface area contributed by atoms with Crippen molar-refractivity contribution in [2.24, 2.45) is 21.9 Å². The van der Waals surface area contributed by atoms with Crippen molar-refractivity contribution in [2.75, 3.05) is 25.0 Å². The average Bonchev–Trinajstić information content (AvgIpc) is 2.79. The molecule has 1 heterocycles. The van der Waals surface area contributed by atoms with Crippen LogP contribution in [0.4, 0.5) is 5.69 Å². The molecule has 8 nitrogen and oxygen atoms in total. The van der Waals surface area contributed by atoms with Gasteiger partial charge >= 0.3 is 0 Å². The third-order valence-electron chi connectivity index (χ3n) is 5.19. The summed E-state index contributed by atoms with van der Waals surface area (Å²) in [6, 6.07) is 18.1. The zero-order chi connectivity index (χ0) is 20.5. The van der Waals surface area contributed by atoms with E-state index in [-0.39, 0.29) is 0 Å². The number of hydrazine groups is 1. The van der Waals surface area contributed by atoms with Crippen LogP contribution in [0.1, 0.15) is 29.9 Å². The highest BCUT2D eigenvalue weighted by atomic mass is 15.3. The molecule has 1 fully saturated rings. The summed E-state index contributed by atoms with van der Waals surface area (Å²) < 4.78 is 0. The first-order valence-corrected chi connectivity index (χ1v) is 9.68. The minimum absolute atomic E-state index is 0.474. The monoisotopic (exact) mass is 392 g/mol. The number of hydrogen-bond donors (Lipinski definition) is 5. The Morgan fingerprint density at radius 2 is 1.90 bits per heavy atom. The van der Waals surface area contributed by atoms with Crippen molar-refractivity contribution >= 4 is 11.5 Å². The zero-order valence-electron chi connectivity index (χ0n) is 16.4. The molecule has 0 aliphatic carbocycles. The summed E-state index contributed by atoms with van der Waals surface area (Å²) in [6.07, 6.45) is 3.91. The van der Waals surface area contributed by atoms with Crippen LogP contribution in [0, 0.1) is 5.53 Å². The van der Waals surface area contributed by atoms with Crippen molar-refractivity contribution in [1.82, 2.24) is 10.3 Å². The molecule has 152 valence electrons. The van der Waals surface area contributed by atoms with E-state index in [0.29, 0.717) is 24.0 Å². The maximum Gasteiger partial charge on any atom is 0.166 e. The van der Waals surface area contributed by atoms with Crippen molar-refractivity contribution in [2.45, 2.75) is 18.8 Å². The van der Waals surface area contributed by atoms with Crippen LogP contribution in [-0.4, -0.2) is 30.4 Å². The summed E-state index contributed by atoms with van der Waals surface area (Å²) in [6.45, 7) is 2.58. The number of nitrogens with zero attached hydrogens (tertiary/aromatic N) is 3. The number of anilines is 1. The molecule has 0 radical (unpaired) electrons. The second kappa shape index (κ2) is 10.4. The predicted octanol–water partition coefficient (Wildman–Crippen LogP) is 2.93. The van der Waals surface area contributed by atoms with Gasteiger partial charge in [0.1, 0.15) is 0 Å². The number of para-hydroxylation sites is 1. The summed E-state index contributed by atoms with van der Waals surface area (Å²) in [5.74, 6) is 11.8. The molecule has 2 aromatic rings. The van der Waals surface area contributed by atoms with E-state index in [1.165, 1.54) is 5.56 Å². The average molecular weight is 393 g/mol. The molecule has 0 atom stereocenters. The van der Waals surface area contributed by atoms with Gasteiger partial charge < -0.3 is 16.6 Å². The third kappa shape index (κ3) is 5.63. The maximum absolute atomic E-state index is 7.47. The van der Waals surface area contributed by atoms with Crippen LogP contribution in [0.15, 0.2) is 76.7 Å². The number of nitrogens with two attached hydrogens (primary N) is 2. The van der Waals surface area contributed by atoms with Crippen LogP contribution in [0.25, 0.3) is 0 Å². The van der Waals surface area contributed by atoms with Gasteiger partial charge in [-0.2, -0.15) is 10.2 Å². The first kappa shape index (κ1) is 20.5. The van der Waals surface area contributed by atoms with Gasteiger partial charge in [-0.3, -0.25) is 4.90 Å². The van der Waals surface area contributed by atoms with Crippen LogP contribution in [0.3, 0.4) is 0 Å². The lowest BCUT2D eigenvalue weighted by atomic mass is 9.88. The summed E-state index contributed by atoms with van der Waals surface area (Å²) >= 11 is 0. The minimum Gasteiger partial charge on any atom is -0.360 e. The lowest BCUT2D eigenvalue weighted by Gasteiger charge is -2.32. The number of rotatable bonds is 7. The molecule has 0 amide bonds. The molecular weight excluding hydrogens is 364 g/mol. The normalized spacial score (nSPS) is 16.4. The van der Waals surface area contributed by atoms with E-state index in [0.717, 1.165) is 37.2 Å². The van der Waals surface area contributed by atoms with Gasteiger partial charge in [0.15, 0.2) is 5.84 Å². The van der Waals surface area contributed by atoms with Gasteiger partial charge in [-0.1, -0.05) is 36.4 Å². The van der Waals surface area contributed by atoms with Gasteiger partial charge in [-0.15, -0.1) is 0 Å². The summed E-state index contributed by atoms with van der Waals surface area (Å²) in [4.78, 5) is 2.34. The molecule has 0 saturated carbocycles. The van der Waals surface area contributed by atoms with Crippen molar-refractivity contribution in [3.8, 4) is 0 Å². The second-order valence-corrected chi connectivity index (χ2v) is 7.06. The topological polar surface area (TPSA) is 128 Å². The quantitative estimate of drug-likeness (QED) is 0.163. The van der Waals surface area contributed by atoms with Crippen molar-refractivity contribution in [1.29, 1.82) is 5.53 Å². The van der Waals surface area contributed by atoms with Gasteiger partial charge in [0, 0.05) is 24.0 Å². The molecule has 1 aliphatic rings. The molecule has 3 rings (SSSR count). The van der Waals surface area contributed by atoms with E-state index < -0.39 is 0 Å². The maximum atomic E-state index is 7.47.